The topological polar surface area (TPSA) is 114 Å². The molecule has 1 N–H and O–H groups in total. The van der Waals surface area contributed by atoms with Gasteiger partial charge in [-0.2, -0.15) is 0 Å². The third-order valence-corrected chi connectivity index (χ3v) is 4.01. The number of aliphatic hydroxyl groups excluding tert-OH is 1. The van der Waals surface area contributed by atoms with Gasteiger partial charge in [-0.05, 0) is 36.8 Å². The first-order valence-corrected chi connectivity index (χ1v) is 7.42. The first kappa shape index (κ1) is 16.4. The summed E-state index contributed by atoms with van der Waals surface area (Å²) in [4.78, 5) is 36.0. The monoisotopic (exact) mass is 342 g/mol. The van der Waals surface area contributed by atoms with Crippen LogP contribution in [-0.4, -0.2) is 26.6 Å². The zero-order valence-electron chi connectivity index (χ0n) is 13.2. The molecule has 2 aromatic rings. The fraction of sp³-hybridized carbons (Fsp3) is 0.176. The number of non-ortho nitro benzene ring substituents is 1. The highest BCUT2D eigenvalue weighted by molar-refractivity contribution is 6.08. The summed E-state index contributed by atoms with van der Waals surface area (Å²) in [6, 6.07) is 8.00. The summed E-state index contributed by atoms with van der Waals surface area (Å²) >= 11 is 0. The minimum absolute atomic E-state index is 0.0367. The van der Waals surface area contributed by atoms with Crippen LogP contribution in [0.1, 0.15) is 24.3 Å². The van der Waals surface area contributed by atoms with E-state index in [9.17, 15) is 24.8 Å². The van der Waals surface area contributed by atoms with E-state index in [0.29, 0.717) is 11.3 Å². The van der Waals surface area contributed by atoms with Gasteiger partial charge >= 0.3 is 0 Å². The minimum atomic E-state index is -0.837. The maximum absolute atomic E-state index is 12.4. The second-order valence-corrected chi connectivity index (χ2v) is 5.58. The molecule has 1 amide bonds. The zero-order valence-corrected chi connectivity index (χ0v) is 13.2. The molecule has 1 unspecified atom stereocenters. The van der Waals surface area contributed by atoms with Gasteiger partial charge in [0.25, 0.3) is 11.6 Å². The van der Waals surface area contributed by atoms with Gasteiger partial charge in [0.1, 0.15) is 5.76 Å². The molecule has 0 saturated carbocycles. The number of carbonyl (C=O) groups excluding carboxylic acids is 2. The third-order valence-electron chi connectivity index (χ3n) is 4.01. The van der Waals surface area contributed by atoms with E-state index in [1.807, 2.05) is 0 Å². The average molecular weight is 342 g/mol. The highest BCUT2D eigenvalue weighted by atomic mass is 16.6. The fourth-order valence-electron chi connectivity index (χ4n) is 2.87. The van der Waals surface area contributed by atoms with E-state index in [1.54, 1.807) is 12.1 Å². The summed E-state index contributed by atoms with van der Waals surface area (Å²) in [5.41, 5.74) is 0.341. The van der Waals surface area contributed by atoms with E-state index in [-0.39, 0.29) is 17.8 Å². The first-order valence-electron chi connectivity index (χ1n) is 7.42. The number of furan rings is 1. The molecule has 128 valence electrons. The molecular formula is C17H14N2O6. The SMILES string of the molecule is CC(=O)C1=C(O)C(=O)N(Cc2ccco2)C1c1ccc([N+](=O)[O-])cc1. The number of aliphatic hydroxyl groups is 1. The molecule has 2 heterocycles. The van der Waals surface area contributed by atoms with Crippen LogP contribution in [0, 0.1) is 10.1 Å². The number of hydrogen-bond acceptors (Lipinski definition) is 6. The number of rotatable bonds is 5. The van der Waals surface area contributed by atoms with Gasteiger partial charge in [0.2, 0.25) is 0 Å². The van der Waals surface area contributed by atoms with Crippen molar-refractivity contribution in [2.24, 2.45) is 0 Å². The Balaban J connectivity index is 2.04. The van der Waals surface area contributed by atoms with Crippen LogP contribution in [0.25, 0.3) is 0 Å². The van der Waals surface area contributed by atoms with Crippen molar-refractivity contribution in [3.8, 4) is 0 Å². The number of nitro groups is 1. The molecule has 1 aromatic heterocycles. The fourth-order valence-corrected chi connectivity index (χ4v) is 2.87. The van der Waals surface area contributed by atoms with Crippen molar-refractivity contribution >= 4 is 17.4 Å². The average Bonchev–Trinajstić information content (AvgIpc) is 3.17. The van der Waals surface area contributed by atoms with E-state index >= 15 is 0 Å². The number of ketones is 1. The number of amides is 1. The molecule has 0 bridgehead atoms. The van der Waals surface area contributed by atoms with Gasteiger partial charge < -0.3 is 14.4 Å². The van der Waals surface area contributed by atoms with E-state index in [2.05, 4.69) is 0 Å². The van der Waals surface area contributed by atoms with Gasteiger partial charge in [-0.15, -0.1) is 0 Å². The Hall–Kier alpha value is -3.42. The number of carbonyl (C=O) groups is 2. The van der Waals surface area contributed by atoms with Crippen molar-refractivity contribution in [1.29, 1.82) is 0 Å². The maximum Gasteiger partial charge on any atom is 0.290 e. The summed E-state index contributed by atoms with van der Waals surface area (Å²) in [7, 11) is 0. The molecule has 8 heteroatoms. The predicted octanol–water partition coefficient (Wildman–Crippen LogP) is 2.67. The molecule has 25 heavy (non-hydrogen) atoms. The van der Waals surface area contributed by atoms with Crippen molar-refractivity contribution in [3.05, 3.63) is 75.4 Å². The lowest BCUT2D eigenvalue weighted by molar-refractivity contribution is -0.384. The highest BCUT2D eigenvalue weighted by Gasteiger charge is 2.42. The number of hydrogen-bond donors (Lipinski definition) is 1. The standard InChI is InChI=1S/C17H14N2O6/c1-10(20)14-15(11-4-6-12(7-5-11)19(23)24)18(17(22)16(14)21)9-13-3-2-8-25-13/h2-8,15,21H,9H2,1H3. The lowest BCUT2D eigenvalue weighted by Crippen LogP contribution is -2.30. The quantitative estimate of drug-likeness (QED) is 0.660. The van der Waals surface area contributed by atoms with Gasteiger partial charge in [0.15, 0.2) is 11.5 Å². The van der Waals surface area contributed by atoms with Crippen LogP contribution in [0.5, 0.6) is 0 Å². The van der Waals surface area contributed by atoms with Crippen molar-refractivity contribution in [1.82, 2.24) is 4.90 Å². The lowest BCUT2D eigenvalue weighted by Gasteiger charge is -2.25. The Morgan fingerprint density at radius 1 is 1.32 bits per heavy atom. The molecule has 1 aromatic carbocycles. The summed E-state index contributed by atoms with van der Waals surface area (Å²) in [5.74, 6) is -1.26. The molecule has 0 aliphatic carbocycles. The number of nitrogens with zero attached hydrogens (tertiary/aromatic N) is 2. The second kappa shape index (κ2) is 6.23. The summed E-state index contributed by atoms with van der Waals surface area (Å²) in [6.07, 6.45) is 1.45. The number of Topliss-reactive ketones (excluding diaryl/α,β-unsaturated/α-hetero) is 1. The Labute approximate surface area is 142 Å². The van der Waals surface area contributed by atoms with E-state index in [0.717, 1.165) is 0 Å². The van der Waals surface area contributed by atoms with Crippen LogP contribution in [0.4, 0.5) is 5.69 Å². The molecule has 1 aliphatic heterocycles. The van der Waals surface area contributed by atoms with Crippen LogP contribution in [0.2, 0.25) is 0 Å². The molecule has 3 rings (SSSR count). The van der Waals surface area contributed by atoms with E-state index in [4.69, 9.17) is 4.42 Å². The van der Waals surface area contributed by atoms with Gasteiger partial charge in [0, 0.05) is 12.1 Å². The normalized spacial score (nSPS) is 17.2. The largest absolute Gasteiger partial charge is 0.503 e. The Morgan fingerprint density at radius 3 is 2.52 bits per heavy atom. The zero-order chi connectivity index (χ0) is 18.1. The molecule has 0 fully saturated rings. The second-order valence-electron chi connectivity index (χ2n) is 5.58. The molecule has 1 atom stereocenters. The smallest absolute Gasteiger partial charge is 0.290 e. The van der Waals surface area contributed by atoms with Gasteiger partial charge in [-0.3, -0.25) is 19.7 Å². The molecule has 8 nitrogen and oxygen atoms in total. The van der Waals surface area contributed by atoms with Crippen LogP contribution in [0.15, 0.2) is 58.4 Å². The number of benzene rings is 1. The Bertz CT molecular complexity index is 867. The molecule has 0 spiro atoms. The predicted molar refractivity (Wildman–Crippen MR) is 85.4 cm³/mol. The van der Waals surface area contributed by atoms with E-state index in [1.165, 1.54) is 42.4 Å². The van der Waals surface area contributed by atoms with Crippen molar-refractivity contribution in [2.45, 2.75) is 19.5 Å². The molecular weight excluding hydrogens is 328 g/mol. The molecule has 1 aliphatic rings. The van der Waals surface area contributed by atoms with Crippen molar-refractivity contribution < 1.29 is 24.0 Å². The Morgan fingerprint density at radius 2 is 2.00 bits per heavy atom. The Kier molecular flexibility index (Phi) is 4.10. The van der Waals surface area contributed by atoms with Crippen molar-refractivity contribution in [2.75, 3.05) is 0 Å². The highest BCUT2D eigenvalue weighted by Crippen LogP contribution is 2.39. The summed E-state index contributed by atoms with van der Waals surface area (Å²) < 4.78 is 5.24. The van der Waals surface area contributed by atoms with Crippen LogP contribution in [-0.2, 0) is 16.1 Å². The maximum atomic E-state index is 12.4. The van der Waals surface area contributed by atoms with Crippen molar-refractivity contribution in [3.63, 3.8) is 0 Å². The van der Waals surface area contributed by atoms with E-state index < -0.39 is 28.4 Å². The number of nitro benzene ring substituents is 1. The van der Waals surface area contributed by atoms with Crippen LogP contribution in [0.3, 0.4) is 0 Å². The first-order chi connectivity index (χ1) is 11.9. The lowest BCUT2D eigenvalue weighted by atomic mass is 9.96. The van der Waals surface area contributed by atoms with Gasteiger partial charge in [-0.1, -0.05) is 0 Å². The third kappa shape index (κ3) is 2.89. The summed E-state index contributed by atoms with van der Waals surface area (Å²) in [5, 5.41) is 20.9. The van der Waals surface area contributed by atoms with Gasteiger partial charge in [-0.25, -0.2) is 0 Å². The van der Waals surface area contributed by atoms with Crippen LogP contribution >= 0.6 is 0 Å². The molecule has 0 radical (unpaired) electrons. The molecule has 0 saturated heterocycles. The minimum Gasteiger partial charge on any atom is -0.503 e. The van der Waals surface area contributed by atoms with Crippen LogP contribution < -0.4 is 0 Å². The van der Waals surface area contributed by atoms with Gasteiger partial charge in [0.05, 0.1) is 29.3 Å². The summed E-state index contributed by atoms with van der Waals surface area (Å²) in [6.45, 7) is 1.31.